The zero-order valence-electron chi connectivity index (χ0n) is 12.9. The maximum atomic E-state index is 5.44. The van der Waals surface area contributed by atoms with E-state index in [0.29, 0.717) is 30.7 Å². The average Bonchev–Trinajstić information content (AvgIpc) is 3.14. The van der Waals surface area contributed by atoms with Gasteiger partial charge in [0, 0.05) is 24.3 Å². The Morgan fingerprint density at radius 2 is 1.78 bits per heavy atom. The van der Waals surface area contributed by atoms with Crippen molar-refractivity contribution in [2.24, 2.45) is 0 Å². The van der Waals surface area contributed by atoms with Crippen LogP contribution < -0.4 is 4.90 Å². The van der Waals surface area contributed by atoms with Gasteiger partial charge in [-0.05, 0) is 43.5 Å². The zero-order valence-corrected chi connectivity index (χ0v) is 12.9. The van der Waals surface area contributed by atoms with E-state index < -0.39 is 0 Å². The van der Waals surface area contributed by atoms with Crippen LogP contribution in [0.4, 0.5) is 5.69 Å². The summed E-state index contributed by atoms with van der Waals surface area (Å²) < 4.78 is 15.9. The van der Waals surface area contributed by atoms with E-state index in [1.165, 1.54) is 31.2 Å². The van der Waals surface area contributed by atoms with Crippen molar-refractivity contribution in [2.75, 3.05) is 31.2 Å². The van der Waals surface area contributed by atoms with Crippen molar-refractivity contribution in [1.29, 1.82) is 0 Å². The molecule has 6 nitrogen and oxygen atoms in total. The summed E-state index contributed by atoms with van der Waals surface area (Å²) >= 11 is 0. The van der Waals surface area contributed by atoms with Crippen LogP contribution in [-0.4, -0.2) is 36.4 Å². The second kappa shape index (κ2) is 6.32. The molecule has 1 fully saturated rings. The van der Waals surface area contributed by atoms with Gasteiger partial charge in [0.05, 0.1) is 0 Å². The molecule has 2 aromatic rings. The Bertz CT molecular complexity index is 687. The van der Waals surface area contributed by atoms with Crippen LogP contribution in [0.2, 0.25) is 0 Å². The molecular formula is C17H19N3O3. The second-order valence-corrected chi connectivity index (χ2v) is 5.72. The van der Waals surface area contributed by atoms with Gasteiger partial charge in [0.25, 0.3) is 5.89 Å². The lowest BCUT2D eigenvalue weighted by Gasteiger charge is -2.28. The molecule has 0 amide bonds. The highest BCUT2D eigenvalue weighted by molar-refractivity contribution is 5.62. The third-order valence-electron chi connectivity index (χ3n) is 4.13. The molecule has 0 atom stereocenters. The van der Waals surface area contributed by atoms with Gasteiger partial charge in [-0.3, -0.25) is 0 Å². The molecule has 23 heavy (non-hydrogen) atoms. The Kier molecular flexibility index (Phi) is 3.88. The van der Waals surface area contributed by atoms with Gasteiger partial charge >= 0.3 is 0 Å². The van der Waals surface area contributed by atoms with Gasteiger partial charge in [0.2, 0.25) is 11.6 Å². The van der Waals surface area contributed by atoms with E-state index in [1.807, 2.05) is 12.1 Å². The second-order valence-electron chi connectivity index (χ2n) is 5.72. The lowest BCUT2D eigenvalue weighted by Crippen LogP contribution is -2.29. The van der Waals surface area contributed by atoms with Crippen LogP contribution in [0.1, 0.15) is 25.2 Å². The number of nitrogens with zero attached hydrogens (tertiary/aromatic N) is 3. The van der Waals surface area contributed by atoms with E-state index in [2.05, 4.69) is 27.2 Å². The predicted octanol–water partition coefficient (Wildman–Crippen LogP) is 3.07. The van der Waals surface area contributed by atoms with Crippen LogP contribution in [0.3, 0.4) is 0 Å². The van der Waals surface area contributed by atoms with E-state index >= 15 is 0 Å². The summed E-state index contributed by atoms with van der Waals surface area (Å²) in [4.78, 5) is 6.81. The first-order chi connectivity index (χ1) is 11.4. The topological polar surface area (TPSA) is 60.6 Å². The smallest absolute Gasteiger partial charge is 0.296 e. The van der Waals surface area contributed by atoms with Gasteiger partial charge in [0.1, 0.15) is 19.5 Å². The van der Waals surface area contributed by atoms with Crippen molar-refractivity contribution >= 4 is 11.4 Å². The molecule has 6 heteroatoms. The van der Waals surface area contributed by atoms with Crippen molar-refractivity contribution < 1.29 is 14.0 Å². The van der Waals surface area contributed by atoms with Crippen LogP contribution in [0.25, 0.3) is 17.1 Å². The first-order valence-electron chi connectivity index (χ1n) is 8.04. The maximum Gasteiger partial charge on any atom is 0.296 e. The Balaban J connectivity index is 1.51. The monoisotopic (exact) mass is 313 g/mol. The maximum absolute atomic E-state index is 5.44. The normalized spacial score (nSPS) is 18.1. The molecule has 1 saturated heterocycles. The average molecular weight is 313 g/mol. The van der Waals surface area contributed by atoms with Crippen molar-refractivity contribution in [3.05, 3.63) is 36.4 Å². The fourth-order valence-electron chi connectivity index (χ4n) is 2.89. The van der Waals surface area contributed by atoms with Crippen LogP contribution in [0.15, 0.2) is 35.1 Å². The Hall–Kier alpha value is -2.50. The summed E-state index contributed by atoms with van der Waals surface area (Å²) in [5, 5.41) is 4.03. The van der Waals surface area contributed by atoms with Gasteiger partial charge in [-0.25, -0.2) is 0 Å². The number of aromatic nitrogens is 2. The number of piperidine rings is 1. The Morgan fingerprint density at radius 1 is 0.957 bits per heavy atom. The molecule has 0 saturated carbocycles. The first kappa shape index (κ1) is 14.1. The summed E-state index contributed by atoms with van der Waals surface area (Å²) in [7, 11) is 0. The quantitative estimate of drug-likeness (QED) is 0.868. The SMILES string of the molecule is C1=C(c2nc(-c3ccc(N4CCCCC4)cc3)no2)OCCO1. The van der Waals surface area contributed by atoms with Crippen LogP contribution in [-0.2, 0) is 9.47 Å². The highest BCUT2D eigenvalue weighted by Gasteiger charge is 2.17. The lowest BCUT2D eigenvalue weighted by atomic mass is 10.1. The first-order valence-corrected chi connectivity index (χ1v) is 8.04. The minimum atomic E-state index is 0.347. The molecule has 1 aromatic heterocycles. The standard InChI is InChI=1S/C17H19N3O3/c1-2-8-20(9-3-1)14-6-4-13(5-7-14)16-18-17(23-19-16)15-12-21-10-11-22-15/h4-7,12H,1-3,8-11H2. The van der Waals surface area contributed by atoms with E-state index in [1.54, 1.807) is 0 Å². The highest BCUT2D eigenvalue weighted by atomic mass is 16.6. The largest absolute Gasteiger partial charge is 0.494 e. The third-order valence-corrected chi connectivity index (χ3v) is 4.13. The molecule has 2 aliphatic rings. The molecule has 0 unspecified atom stereocenters. The summed E-state index contributed by atoms with van der Waals surface area (Å²) in [6.45, 7) is 3.31. The minimum Gasteiger partial charge on any atom is -0.494 e. The van der Waals surface area contributed by atoms with E-state index in [9.17, 15) is 0 Å². The van der Waals surface area contributed by atoms with Crippen molar-refractivity contribution in [3.63, 3.8) is 0 Å². The molecule has 0 spiro atoms. The Morgan fingerprint density at radius 3 is 2.52 bits per heavy atom. The van der Waals surface area contributed by atoms with Crippen LogP contribution in [0, 0.1) is 0 Å². The molecule has 0 radical (unpaired) electrons. The molecule has 120 valence electrons. The van der Waals surface area contributed by atoms with Crippen LogP contribution in [0.5, 0.6) is 0 Å². The fraction of sp³-hybridized carbons (Fsp3) is 0.412. The number of benzene rings is 1. The van der Waals surface area contributed by atoms with Gasteiger partial charge < -0.3 is 18.9 Å². The lowest BCUT2D eigenvalue weighted by molar-refractivity contribution is 0.120. The summed E-state index contributed by atoms with van der Waals surface area (Å²) in [6, 6.07) is 8.31. The molecule has 4 rings (SSSR count). The number of hydrogen-bond acceptors (Lipinski definition) is 6. The zero-order chi connectivity index (χ0) is 15.5. The van der Waals surface area contributed by atoms with E-state index in [-0.39, 0.29) is 0 Å². The van der Waals surface area contributed by atoms with E-state index in [0.717, 1.165) is 18.7 Å². The highest BCUT2D eigenvalue weighted by Crippen LogP contribution is 2.25. The summed E-state index contributed by atoms with van der Waals surface area (Å²) in [5.41, 5.74) is 2.18. The number of rotatable bonds is 3. The number of ether oxygens (including phenoxy) is 2. The molecular weight excluding hydrogens is 294 g/mol. The van der Waals surface area contributed by atoms with Gasteiger partial charge in [0.15, 0.2) is 0 Å². The fourth-order valence-corrected chi connectivity index (χ4v) is 2.89. The van der Waals surface area contributed by atoms with Gasteiger partial charge in [-0.15, -0.1) is 0 Å². The molecule has 1 aromatic carbocycles. The van der Waals surface area contributed by atoms with Crippen molar-refractivity contribution in [3.8, 4) is 11.4 Å². The molecule has 2 aliphatic heterocycles. The van der Waals surface area contributed by atoms with Gasteiger partial charge in [-0.2, -0.15) is 4.98 Å². The molecule has 3 heterocycles. The summed E-state index contributed by atoms with van der Waals surface area (Å²) in [6.07, 6.45) is 5.39. The van der Waals surface area contributed by atoms with Crippen molar-refractivity contribution in [2.45, 2.75) is 19.3 Å². The molecule has 0 bridgehead atoms. The third kappa shape index (κ3) is 3.02. The summed E-state index contributed by atoms with van der Waals surface area (Å²) in [5.74, 6) is 1.39. The number of anilines is 1. The van der Waals surface area contributed by atoms with Crippen LogP contribution >= 0.6 is 0 Å². The predicted molar refractivity (Wildman–Crippen MR) is 85.7 cm³/mol. The molecule has 0 aliphatic carbocycles. The van der Waals surface area contributed by atoms with E-state index in [4.69, 9.17) is 14.0 Å². The Labute approximate surface area is 134 Å². The number of hydrogen-bond donors (Lipinski definition) is 0. The van der Waals surface area contributed by atoms with Crippen molar-refractivity contribution in [1.82, 2.24) is 10.1 Å². The minimum absolute atomic E-state index is 0.347. The molecule has 0 N–H and O–H groups in total. The van der Waals surface area contributed by atoms with Gasteiger partial charge in [-0.1, -0.05) is 5.16 Å².